The Labute approximate surface area is 173 Å². The Morgan fingerprint density at radius 2 is 1.83 bits per heavy atom. The second-order valence-electron chi connectivity index (χ2n) is 6.68. The summed E-state index contributed by atoms with van der Waals surface area (Å²) in [7, 11) is 2.93. The zero-order chi connectivity index (χ0) is 21.1. The average Bonchev–Trinajstić information content (AvgIpc) is 3.25. The molecule has 1 aromatic carbocycles. The number of nitrogens with zero attached hydrogens (tertiary/aromatic N) is 3. The molecule has 0 fully saturated rings. The van der Waals surface area contributed by atoms with Crippen LogP contribution in [0, 0.1) is 0 Å². The molecule has 0 aliphatic carbocycles. The summed E-state index contributed by atoms with van der Waals surface area (Å²) in [5, 5.41) is 0. The number of rotatable bonds is 5. The topological polar surface area (TPSA) is 99.7 Å². The number of ether oxygens (including phenoxy) is 2. The molecule has 0 amide bonds. The average molecular weight is 400 g/mol. The number of hydrogen-bond acceptors (Lipinski definition) is 7. The molecule has 0 radical (unpaired) electrons. The van der Waals surface area contributed by atoms with Gasteiger partial charge in [0, 0.05) is 36.1 Å². The van der Waals surface area contributed by atoms with Gasteiger partial charge in [-0.3, -0.25) is 9.98 Å². The molecule has 0 saturated carbocycles. The maximum atomic E-state index is 11.9. The lowest BCUT2D eigenvalue weighted by Gasteiger charge is -2.10. The molecule has 3 heterocycles. The molecule has 0 spiro atoms. The first-order chi connectivity index (χ1) is 14.6. The van der Waals surface area contributed by atoms with Crippen LogP contribution in [0.3, 0.4) is 0 Å². The number of nitrogen functional groups attached to an aromatic ring is 1. The third-order valence-corrected chi connectivity index (χ3v) is 4.90. The van der Waals surface area contributed by atoms with Gasteiger partial charge in [-0.05, 0) is 41.5 Å². The standard InChI is InChI=1S/C23H20N4O3/c1-29-20-11-17(13-26-22(20)24)18-12-19(27-21(18)14-6-8-25-9-7-14)15-4-3-5-16(10-15)23(28)30-2/h3-11,13H,12H2,1-2H3,(H2,24,26). The minimum atomic E-state index is -0.384. The smallest absolute Gasteiger partial charge is 0.337 e. The van der Waals surface area contributed by atoms with Crippen LogP contribution in [0.5, 0.6) is 5.75 Å². The molecule has 2 N–H and O–H groups in total. The van der Waals surface area contributed by atoms with Gasteiger partial charge in [-0.15, -0.1) is 0 Å². The first-order valence-corrected chi connectivity index (χ1v) is 9.30. The van der Waals surface area contributed by atoms with Gasteiger partial charge >= 0.3 is 5.97 Å². The maximum Gasteiger partial charge on any atom is 0.337 e. The lowest BCUT2D eigenvalue weighted by atomic mass is 9.96. The minimum absolute atomic E-state index is 0.331. The number of aliphatic imine (C=N–C) groups is 1. The van der Waals surface area contributed by atoms with Crippen molar-refractivity contribution >= 4 is 28.8 Å². The molecule has 0 unspecified atom stereocenters. The van der Waals surface area contributed by atoms with Crippen molar-refractivity contribution in [2.24, 2.45) is 4.99 Å². The third-order valence-electron chi connectivity index (χ3n) is 4.90. The van der Waals surface area contributed by atoms with Crippen LogP contribution in [0.25, 0.3) is 11.3 Å². The van der Waals surface area contributed by atoms with E-state index in [1.807, 2.05) is 30.3 Å². The molecule has 2 aromatic heterocycles. The zero-order valence-electron chi connectivity index (χ0n) is 16.6. The number of hydrogen-bond donors (Lipinski definition) is 1. The van der Waals surface area contributed by atoms with Gasteiger partial charge in [0.2, 0.25) is 0 Å². The molecule has 1 aliphatic rings. The number of aromatic nitrogens is 2. The van der Waals surface area contributed by atoms with E-state index in [4.69, 9.17) is 20.2 Å². The van der Waals surface area contributed by atoms with Gasteiger partial charge < -0.3 is 15.2 Å². The van der Waals surface area contributed by atoms with Crippen LogP contribution in [-0.4, -0.2) is 35.9 Å². The summed E-state index contributed by atoms with van der Waals surface area (Å²) in [5.74, 6) is 0.456. The van der Waals surface area contributed by atoms with Crippen molar-refractivity contribution in [2.45, 2.75) is 6.42 Å². The molecule has 3 aromatic rings. The first kappa shape index (κ1) is 19.3. The molecule has 0 atom stereocenters. The summed E-state index contributed by atoms with van der Waals surface area (Å²) in [6.45, 7) is 0. The van der Waals surface area contributed by atoms with Crippen molar-refractivity contribution in [1.29, 1.82) is 0 Å². The highest BCUT2D eigenvalue weighted by molar-refractivity contribution is 6.17. The second-order valence-corrected chi connectivity index (χ2v) is 6.68. The van der Waals surface area contributed by atoms with E-state index < -0.39 is 0 Å². The first-order valence-electron chi connectivity index (χ1n) is 9.30. The highest BCUT2D eigenvalue weighted by Gasteiger charge is 2.23. The summed E-state index contributed by atoms with van der Waals surface area (Å²) < 4.78 is 10.2. The molecule has 0 bridgehead atoms. The van der Waals surface area contributed by atoms with Crippen molar-refractivity contribution in [3.63, 3.8) is 0 Å². The molecule has 0 saturated heterocycles. The van der Waals surface area contributed by atoms with Crippen LogP contribution in [0.15, 0.2) is 66.0 Å². The van der Waals surface area contributed by atoms with Crippen LogP contribution >= 0.6 is 0 Å². The van der Waals surface area contributed by atoms with E-state index in [1.54, 1.807) is 37.8 Å². The van der Waals surface area contributed by atoms with E-state index in [0.717, 1.165) is 33.7 Å². The fraction of sp³-hybridized carbons (Fsp3) is 0.130. The van der Waals surface area contributed by atoms with Crippen LogP contribution in [0.4, 0.5) is 5.82 Å². The predicted octanol–water partition coefficient (Wildman–Crippen LogP) is 3.62. The van der Waals surface area contributed by atoms with Crippen LogP contribution in [-0.2, 0) is 4.74 Å². The van der Waals surface area contributed by atoms with Crippen molar-refractivity contribution in [2.75, 3.05) is 20.0 Å². The predicted molar refractivity (Wildman–Crippen MR) is 115 cm³/mol. The number of carbonyl (C=O) groups excluding carboxylic acids is 1. The number of anilines is 1. The van der Waals surface area contributed by atoms with E-state index in [0.29, 0.717) is 23.6 Å². The molecular weight excluding hydrogens is 380 g/mol. The summed E-state index contributed by atoms with van der Waals surface area (Å²) in [4.78, 5) is 25.2. The molecule has 7 heteroatoms. The van der Waals surface area contributed by atoms with Gasteiger partial charge in [-0.2, -0.15) is 0 Å². The molecule has 4 rings (SSSR count). The molecule has 7 nitrogen and oxygen atoms in total. The summed E-state index contributed by atoms with van der Waals surface area (Å²) in [6, 6.07) is 12.9. The summed E-state index contributed by atoms with van der Waals surface area (Å²) in [5.41, 5.74) is 11.7. The Balaban J connectivity index is 1.79. The Kier molecular flexibility index (Phi) is 5.26. The Morgan fingerprint density at radius 1 is 1.03 bits per heavy atom. The van der Waals surface area contributed by atoms with E-state index >= 15 is 0 Å². The van der Waals surface area contributed by atoms with Crippen LogP contribution < -0.4 is 10.5 Å². The number of benzene rings is 1. The number of pyridine rings is 2. The lowest BCUT2D eigenvalue weighted by molar-refractivity contribution is 0.0600. The van der Waals surface area contributed by atoms with Gasteiger partial charge in [0.05, 0.1) is 31.2 Å². The SMILES string of the molecule is COC(=O)c1cccc(C2=NC(c3ccncc3)=C(c3cnc(N)c(OC)c3)C2)c1. The summed E-state index contributed by atoms with van der Waals surface area (Å²) >= 11 is 0. The quantitative estimate of drug-likeness (QED) is 0.657. The van der Waals surface area contributed by atoms with Gasteiger partial charge in [0.1, 0.15) is 0 Å². The van der Waals surface area contributed by atoms with E-state index in [1.165, 1.54) is 7.11 Å². The van der Waals surface area contributed by atoms with Crippen molar-refractivity contribution in [1.82, 2.24) is 9.97 Å². The normalized spacial score (nSPS) is 13.2. The van der Waals surface area contributed by atoms with Gasteiger partial charge in [-0.1, -0.05) is 12.1 Å². The third kappa shape index (κ3) is 3.65. The Morgan fingerprint density at radius 3 is 2.57 bits per heavy atom. The van der Waals surface area contributed by atoms with Crippen molar-refractivity contribution in [3.05, 3.63) is 83.3 Å². The second kappa shape index (κ2) is 8.16. The van der Waals surface area contributed by atoms with Gasteiger partial charge in [0.25, 0.3) is 0 Å². The Hall–Kier alpha value is -4.00. The van der Waals surface area contributed by atoms with Gasteiger partial charge in [-0.25, -0.2) is 9.78 Å². The maximum absolute atomic E-state index is 11.9. The molecule has 30 heavy (non-hydrogen) atoms. The molecular formula is C23H20N4O3. The van der Waals surface area contributed by atoms with E-state index in [-0.39, 0.29) is 5.97 Å². The molecule has 1 aliphatic heterocycles. The van der Waals surface area contributed by atoms with Crippen LogP contribution in [0.2, 0.25) is 0 Å². The number of carbonyl (C=O) groups is 1. The van der Waals surface area contributed by atoms with E-state index in [2.05, 4.69) is 9.97 Å². The highest BCUT2D eigenvalue weighted by atomic mass is 16.5. The monoisotopic (exact) mass is 400 g/mol. The number of nitrogens with two attached hydrogens (primary N) is 1. The highest BCUT2D eigenvalue weighted by Crippen LogP contribution is 2.38. The molecule has 150 valence electrons. The largest absolute Gasteiger partial charge is 0.493 e. The number of methoxy groups -OCH3 is 2. The fourth-order valence-electron chi connectivity index (χ4n) is 3.37. The lowest BCUT2D eigenvalue weighted by Crippen LogP contribution is -2.05. The Bertz CT molecular complexity index is 1170. The van der Waals surface area contributed by atoms with Crippen molar-refractivity contribution < 1.29 is 14.3 Å². The summed E-state index contributed by atoms with van der Waals surface area (Å²) in [6.07, 6.45) is 5.75. The van der Waals surface area contributed by atoms with Crippen LogP contribution in [0.1, 0.15) is 33.5 Å². The van der Waals surface area contributed by atoms with Gasteiger partial charge in [0.15, 0.2) is 11.6 Å². The zero-order valence-corrected chi connectivity index (χ0v) is 16.6. The number of allylic oxidation sites excluding steroid dienone is 1. The number of esters is 1. The van der Waals surface area contributed by atoms with E-state index in [9.17, 15) is 4.79 Å². The van der Waals surface area contributed by atoms with Crippen molar-refractivity contribution in [3.8, 4) is 5.75 Å². The fourth-order valence-corrected chi connectivity index (χ4v) is 3.37. The minimum Gasteiger partial charge on any atom is -0.493 e.